The van der Waals surface area contributed by atoms with Gasteiger partial charge in [-0.15, -0.1) is 0 Å². The van der Waals surface area contributed by atoms with E-state index in [-0.39, 0.29) is 22.2 Å². The van der Waals surface area contributed by atoms with Gasteiger partial charge in [-0.1, -0.05) is 13.3 Å². The predicted octanol–water partition coefficient (Wildman–Crippen LogP) is 2.99. The molecule has 96 valence electrons. The molecule has 1 saturated heterocycles. The van der Waals surface area contributed by atoms with E-state index in [1.54, 1.807) is 0 Å². The minimum atomic E-state index is -0.425. The number of hydrogen-bond donors (Lipinski definition) is 0. The van der Waals surface area contributed by atoms with Gasteiger partial charge in [0.2, 0.25) is 5.91 Å². The maximum absolute atomic E-state index is 13.1. The topological polar surface area (TPSA) is 37.4 Å². The van der Waals surface area contributed by atoms with E-state index in [0.717, 1.165) is 6.42 Å². The number of hydrogen-bond acceptors (Lipinski definition) is 2. The Labute approximate surface area is 113 Å². The van der Waals surface area contributed by atoms with Gasteiger partial charge < -0.3 is 0 Å². The van der Waals surface area contributed by atoms with Gasteiger partial charge in [0, 0.05) is 18.5 Å². The zero-order valence-corrected chi connectivity index (χ0v) is 11.5. The third kappa shape index (κ3) is 2.46. The first-order chi connectivity index (χ1) is 8.52. The molecule has 0 saturated carbocycles. The standard InChI is InChI=1S/C13H13BrFNO2/c1-2-8-5-12(17)16(7-8)13(18)9-3-4-11(15)10(14)6-9/h3-4,6,8H,2,5,7H2,1H3. The summed E-state index contributed by atoms with van der Waals surface area (Å²) in [5.74, 6) is -0.681. The molecule has 1 unspecified atom stereocenters. The Morgan fingerprint density at radius 2 is 2.28 bits per heavy atom. The van der Waals surface area contributed by atoms with Crippen molar-refractivity contribution in [2.45, 2.75) is 19.8 Å². The molecule has 18 heavy (non-hydrogen) atoms. The molecular weight excluding hydrogens is 301 g/mol. The second-order valence-electron chi connectivity index (χ2n) is 4.42. The van der Waals surface area contributed by atoms with E-state index in [0.29, 0.717) is 18.5 Å². The van der Waals surface area contributed by atoms with Crippen molar-refractivity contribution in [1.29, 1.82) is 0 Å². The van der Waals surface area contributed by atoms with E-state index < -0.39 is 5.82 Å². The third-order valence-electron chi connectivity index (χ3n) is 3.19. The van der Waals surface area contributed by atoms with Gasteiger partial charge in [0.05, 0.1) is 4.47 Å². The van der Waals surface area contributed by atoms with E-state index >= 15 is 0 Å². The summed E-state index contributed by atoms with van der Waals surface area (Å²) in [6, 6.07) is 4.02. The number of carbonyl (C=O) groups excluding carboxylic acids is 2. The molecule has 0 bridgehead atoms. The number of halogens is 2. The van der Waals surface area contributed by atoms with Crippen LogP contribution in [0.1, 0.15) is 30.1 Å². The largest absolute Gasteiger partial charge is 0.278 e. The Balaban J connectivity index is 2.21. The molecule has 0 aliphatic carbocycles. The van der Waals surface area contributed by atoms with Gasteiger partial charge in [0.15, 0.2) is 0 Å². The molecule has 1 heterocycles. The lowest BCUT2D eigenvalue weighted by atomic mass is 10.1. The van der Waals surface area contributed by atoms with Crippen LogP contribution in [0.25, 0.3) is 0 Å². The summed E-state index contributed by atoms with van der Waals surface area (Å²) < 4.78 is 13.3. The highest BCUT2D eigenvalue weighted by atomic mass is 79.9. The molecule has 0 radical (unpaired) electrons. The van der Waals surface area contributed by atoms with Crippen LogP contribution in [0.5, 0.6) is 0 Å². The van der Waals surface area contributed by atoms with Crippen molar-refractivity contribution < 1.29 is 14.0 Å². The highest BCUT2D eigenvalue weighted by Crippen LogP contribution is 2.24. The number of rotatable bonds is 2. The SMILES string of the molecule is CCC1CC(=O)N(C(=O)c2ccc(F)c(Br)c2)C1. The molecule has 3 nitrogen and oxygen atoms in total. The fourth-order valence-corrected chi connectivity index (χ4v) is 2.42. The van der Waals surface area contributed by atoms with Crippen molar-refractivity contribution in [2.75, 3.05) is 6.54 Å². The van der Waals surface area contributed by atoms with Crippen LogP contribution in [0.4, 0.5) is 4.39 Å². The van der Waals surface area contributed by atoms with Gasteiger partial charge in [-0.25, -0.2) is 4.39 Å². The Morgan fingerprint density at radius 1 is 1.56 bits per heavy atom. The van der Waals surface area contributed by atoms with Crippen molar-refractivity contribution in [3.8, 4) is 0 Å². The molecule has 5 heteroatoms. The molecule has 2 rings (SSSR count). The normalized spacial score (nSPS) is 19.4. The van der Waals surface area contributed by atoms with E-state index in [1.165, 1.54) is 23.1 Å². The Morgan fingerprint density at radius 3 is 2.83 bits per heavy atom. The number of nitrogens with zero attached hydrogens (tertiary/aromatic N) is 1. The zero-order valence-electron chi connectivity index (χ0n) is 9.95. The van der Waals surface area contributed by atoms with Crippen LogP contribution >= 0.6 is 15.9 Å². The first-order valence-electron chi connectivity index (χ1n) is 5.82. The summed E-state index contributed by atoms with van der Waals surface area (Å²) >= 11 is 3.03. The van der Waals surface area contributed by atoms with Crippen molar-refractivity contribution >= 4 is 27.7 Å². The highest BCUT2D eigenvalue weighted by molar-refractivity contribution is 9.10. The second kappa shape index (κ2) is 5.18. The maximum atomic E-state index is 13.1. The van der Waals surface area contributed by atoms with Gasteiger partial charge in [0.1, 0.15) is 5.82 Å². The van der Waals surface area contributed by atoms with Crippen molar-refractivity contribution in [2.24, 2.45) is 5.92 Å². The number of imide groups is 1. The van der Waals surface area contributed by atoms with E-state index in [9.17, 15) is 14.0 Å². The number of carbonyl (C=O) groups is 2. The Bertz CT molecular complexity index is 504. The monoisotopic (exact) mass is 313 g/mol. The summed E-state index contributed by atoms with van der Waals surface area (Å²) in [5.41, 5.74) is 0.327. The fourth-order valence-electron chi connectivity index (χ4n) is 2.04. The summed E-state index contributed by atoms with van der Waals surface area (Å²) in [6.45, 7) is 2.46. The minimum Gasteiger partial charge on any atom is -0.278 e. The van der Waals surface area contributed by atoms with Gasteiger partial charge >= 0.3 is 0 Å². The van der Waals surface area contributed by atoms with Gasteiger partial charge in [0.25, 0.3) is 5.91 Å². The first kappa shape index (κ1) is 13.2. The molecule has 1 fully saturated rings. The molecular formula is C13H13BrFNO2. The minimum absolute atomic E-state index is 0.146. The number of amides is 2. The Kier molecular flexibility index (Phi) is 3.80. The lowest BCUT2D eigenvalue weighted by molar-refractivity contribution is -0.125. The predicted molar refractivity (Wildman–Crippen MR) is 68.5 cm³/mol. The summed E-state index contributed by atoms with van der Waals surface area (Å²) in [5, 5.41) is 0. The van der Waals surface area contributed by atoms with Crippen molar-refractivity contribution in [3.05, 3.63) is 34.1 Å². The van der Waals surface area contributed by atoms with Crippen molar-refractivity contribution in [1.82, 2.24) is 4.90 Å². The average molecular weight is 314 g/mol. The van der Waals surface area contributed by atoms with Crippen molar-refractivity contribution in [3.63, 3.8) is 0 Å². The summed E-state index contributed by atoms with van der Waals surface area (Å²) in [6.07, 6.45) is 1.30. The van der Waals surface area contributed by atoms with Crippen LogP contribution in [0.2, 0.25) is 0 Å². The van der Waals surface area contributed by atoms with E-state index in [4.69, 9.17) is 0 Å². The molecule has 1 aromatic rings. The molecule has 1 aliphatic rings. The first-order valence-corrected chi connectivity index (χ1v) is 6.62. The van der Waals surface area contributed by atoms with Crippen LogP contribution in [-0.2, 0) is 4.79 Å². The van der Waals surface area contributed by atoms with E-state index in [2.05, 4.69) is 15.9 Å². The van der Waals surface area contributed by atoms with Crippen LogP contribution in [0.3, 0.4) is 0 Å². The summed E-state index contributed by atoms with van der Waals surface area (Å²) in [4.78, 5) is 25.1. The fraction of sp³-hybridized carbons (Fsp3) is 0.385. The maximum Gasteiger partial charge on any atom is 0.260 e. The zero-order chi connectivity index (χ0) is 13.3. The Hall–Kier alpha value is -1.23. The quantitative estimate of drug-likeness (QED) is 0.787. The van der Waals surface area contributed by atoms with Crippen LogP contribution in [0, 0.1) is 11.7 Å². The molecule has 2 amide bonds. The van der Waals surface area contributed by atoms with Crippen LogP contribution < -0.4 is 0 Å². The lowest BCUT2D eigenvalue weighted by Gasteiger charge is -2.14. The van der Waals surface area contributed by atoms with Crippen LogP contribution in [0.15, 0.2) is 22.7 Å². The summed E-state index contributed by atoms with van der Waals surface area (Å²) in [7, 11) is 0. The highest BCUT2D eigenvalue weighted by Gasteiger charge is 2.33. The smallest absolute Gasteiger partial charge is 0.260 e. The van der Waals surface area contributed by atoms with Gasteiger partial charge in [-0.3, -0.25) is 14.5 Å². The van der Waals surface area contributed by atoms with E-state index in [1.807, 2.05) is 6.92 Å². The molecule has 1 atom stereocenters. The number of benzene rings is 1. The second-order valence-corrected chi connectivity index (χ2v) is 5.27. The van der Waals surface area contributed by atoms with Gasteiger partial charge in [-0.05, 0) is 40.0 Å². The molecule has 0 spiro atoms. The number of likely N-dealkylation sites (tertiary alicyclic amines) is 1. The molecule has 0 aromatic heterocycles. The molecule has 0 N–H and O–H groups in total. The molecule has 1 aromatic carbocycles. The van der Waals surface area contributed by atoms with Gasteiger partial charge in [-0.2, -0.15) is 0 Å². The lowest BCUT2D eigenvalue weighted by Crippen LogP contribution is -2.32. The third-order valence-corrected chi connectivity index (χ3v) is 3.80. The molecule has 1 aliphatic heterocycles. The average Bonchev–Trinajstić information content (AvgIpc) is 2.73. The van der Waals surface area contributed by atoms with Crippen LogP contribution in [-0.4, -0.2) is 23.3 Å².